The number of halogens is 2. The summed E-state index contributed by atoms with van der Waals surface area (Å²) >= 11 is 5.79. The van der Waals surface area contributed by atoms with Crippen molar-refractivity contribution in [3.8, 4) is 6.07 Å². The second kappa shape index (κ2) is 6.55. The van der Waals surface area contributed by atoms with Gasteiger partial charge in [0.1, 0.15) is 11.9 Å². The molecule has 0 aliphatic carbocycles. The van der Waals surface area contributed by atoms with E-state index in [1.807, 2.05) is 25.1 Å². The molecule has 5 heteroatoms. The Morgan fingerprint density at radius 1 is 1.53 bits per heavy atom. The third-order valence-corrected chi connectivity index (χ3v) is 2.54. The topological polar surface area (TPSA) is 39.1 Å². The Balaban J connectivity index is 2.73. The largest absolute Gasteiger partial charge is 0.308 e. The maximum atomic E-state index is 13.5. The number of hydrogen-bond donors (Lipinski definition) is 1. The Morgan fingerprint density at radius 2 is 2.24 bits per heavy atom. The van der Waals surface area contributed by atoms with Gasteiger partial charge in [0.2, 0.25) is 0 Å². The van der Waals surface area contributed by atoms with Crippen LogP contribution in [-0.2, 0) is 0 Å². The van der Waals surface area contributed by atoms with Gasteiger partial charge in [0.15, 0.2) is 0 Å². The molecule has 1 rings (SSSR count). The molecule has 92 valence electrons. The van der Waals surface area contributed by atoms with Crippen LogP contribution >= 0.6 is 11.6 Å². The van der Waals surface area contributed by atoms with Crippen LogP contribution in [-0.4, -0.2) is 32.1 Å². The summed E-state index contributed by atoms with van der Waals surface area (Å²) in [5.41, 5.74) is 0.291. The summed E-state index contributed by atoms with van der Waals surface area (Å²) < 4.78 is 13.5. The predicted molar refractivity (Wildman–Crippen MR) is 66.3 cm³/mol. The van der Waals surface area contributed by atoms with Crippen LogP contribution in [0.25, 0.3) is 0 Å². The predicted octanol–water partition coefficient (Wildman–Crippen LogP) is 2.19. The van der Waals surface area contributed by atoms with Gasteiger partial charge in [-0.2, -0.15) is 5.26 Å². The van der Waals surface area contributed by atoms with E-state index in [1.165, 1.54) is 18.2 Å². The minimum Gasteiger partial charge on any atom is -0.308 e. The molecule has 1 N–H and O–H groups in total. The summed E-state index contributed by atoms with van der Waals surface area (Å²) in [5.74, 6) is -0.418. The van der Waals surface area contributed by atoms with Crippen molar-refractivity contribution < 1.29 is 4.39 Å². The van der Waals surface area contributed by atoms with Crippen molar-refractivity contribution in [2.75, 3.05) is 27.2 Å². The molecule has 1 aromatic rings. The quantitative estimate of drug-likeness (QED) is 0.877. The van der Waals surface area contributed by atoms with Gasteiger partial charge in [0.25, 0.3) is 0 Å². The van der Waals surface area contributed by atoms with Gasteiger partial charge >= 0.3 is 0 Å². The first-order valence-corrected chi connectivity index (χ1v) is 5.65. The van der Waals surface area contributed by atoms with Crippen LogP contribution in [0.4, 0.5) is 4.39 Å². The standard InChI is InChI=1S/C12H15ClFN3/c1-17(2)6-5-16-12(8-15)10-7-9(13)3-4-11(10)14/h3-4,7,12,16H,5-6H2,1-2H3. The van der Waals surface area contributed by atoms with Crippen LogP contribution in [0.5, 0.6) is 0 Å². The molecule has 17 heavy (non-hydrogen) atoms. The average Bonchev–Trinajstić information content (AvgIpc) is 2.28. The molecule has 0 bridgehead atoms. The van der Waals surface area contributed by atoms with E-state index in [0.29, 0.717) is 17.1 Å². The highest BCUT2D eigenvalue weighted by atomic mass is 35.5. The normalized spacial score (nSPS) is 12.5. The van der Waals surface area contributed by atoms with Gasteiger partial charge in [-0.15, -0.1) is 0 Å². The van der Waals surface area contributed by atoms with Gasteiger partial charge in [-0.05, 0) is 32.3 Å². The Morgan fingerprint density at radius 3 is 2.82 bits per heavy atom. The molecule has 1 unspecified atom stereocenters. The molecule has 3 nitrogen and oxygen atoms in total. The molecule has 0 radical (unpaired) electrons. The molecule has 0 spiro atoms. The minimum absolute atomic E-state index is 0.291. The van der Waals surface area contributed by atoms with Crippen LogP contribution in [0.1, 0.15) is 11.6 Å². The molecule has 0 amide bonds. The summed E-state index contributed by atoms with van der Waals surface area (Å²) in [6.07, 6.45) is 0. The first-order valence-electron chi connectivity index (χ1n) is 5.27. The van der Waals surface area contributed by atoms with E-state index in [0.717, 1.165) is 6.54 Å². The van der Waals surface area contributed by atoms with Gasteiger partial charge in [-0.3, -0.25) is 5.32 Å². The fraction of sp³-hybridized carbons (Fsp3) is 0.417. The second-order valence-electron chi connectivity index (χ2n) is 3.99. The van der Waals surface area contributed by atoms with E-state index >= 15 is 0 Å². The van der Waals surface area contributed by atoms with Gasteiger partial charge in [0.05, 0.1) is 6.07 Å². The third kappa shape index (κ3) is 4.31. The fourth-order valence-corrected chi connectivity index (χ4v) is 1.57. The van der Waals surface area contributed by atoms with E-state index < -0.39 is 11.9 Å². The lowest BCUT2D eigenvalue weighted by Gasteiger charge is -2.15. The molecule has 1 aromatic carbocycles. The van der Waals surface area contributed by atoms with Crippen molar-refractivity contribution in [1.29, 1.82) is 5.26 Å². The van der Waals surface area contributed by atoms with Crippen molar-refractivity contribution in [1.82, 2.24) is 10.2 Å². The summed E-state index contributed by atoms with van der Waals surface area (Å²) in [6.45, 7) is 1.39. The molecule has 0 saturated carbocycles. The van der Waals surface area contributed by atoms with E-state index in [4.69, 9.17) is 16.9 Å². The molecular formula is C12H15ClFN3. The van der Waals surface area contributed by atoms with Crippen LogP contribution in [0.3, 0.4) is 0 Å². The second-order valence-corrected chi connectivity index (χ2v) is 4.42. The monoisotopic (exact) mass is 255 g/mol. The van der Waals surface area contributed by atoms with Gasteiger partial charge < -0.3 is 4.90 Å². The third-order valence-electron chi connectivity index (χ3n) is 2.31. The summed E-state index contributed by atoms with van der Waals surface area (Å²) in [5, 5.41) is 12.4. The maximum absolute atomic E-state index is 13.5. The van der Waals surface area contributed by atoms with Crippen molar-refractivity contribution in [3.63, 3.8) is 0 Å². The lowest BCUT2D eigenvalue weighted by Crippen LogP contribution is -2.29. The van der Waals surface area contributed by atoms with Crippen molar-refractivity contribution in [3.05, 3.63) is 34.6 Å². The van der Waals surface area contributed by atoms with Gasteiger partial charge in [-0.1, -0.05) is 11.6 Å². The van der Waals surface area contributed by atoms with Crippen LogP contribution in [0.15, 0.2) is 18.2 Å². The lowest BCUT2D eigenvalue weighted by atomic mass is 10.1. The van der Waals surface area contributed by atoms with Crippen molar-refractivity contribution in [2.24, 2.45) is 0 Å². The summed E-state index contributed by atoms with van der Waals surface area (Å²) in [4.78, 5) is 1.98. The summed E-state index contributed by atoms with van der Waals surface area (Å²) in [7, 11) is 3.87. The van der Waals surface area contributed by atoms with E-state index in [9.17, 15) is 4.39 Å². The smallest absolute Gasteiger partial charge is 0.129 e. The van der Waals surface area contributed by atoms with E-state index in [-0.39, 0.29) is 0 Å². The zero-order valence-corrected chi connectivity index (χ0v) is 10.6. The Kier molecular flexibility index (Phi) is 5.36. The highest BCUT2D eigenvalue weighted by Gasteiger charge is 2.14. The molecule has 0 heterocycles. The number of likely N-dealkylation sites (N-methyl/N-ethyl adjacent to an activating group) is 1. The van der Waals surface area contributed by atoms with Crippen LogP contribution in [0.2, 0.25) is 5.02 Å². The lowest BCUT2D eigenvalue weighted by molar-refractivity contribution is 0.393. The number of nitrogens with zero attached hydrogens (tertiary/aromatic N) is 2. The highest BCUT2D eigenvalue weighted by molar-refractivity contribution is 6.30. The minimum atomic E-state index is -0.673. The Bertz CT molecular complexity index is 415. The molecule has 0 aliphatic heterocycles. The number of hydrogen-bond acceptors (Lipinski definition) is 3. The highest BCUT2D eigenvalue weighted by Crippen LogP contribution is 2.20. The first-order chi connectivity index (χ1) is 8.04. The molecule has 0 fully saturated rings. The molecule has 0 aromatic heterocycles. The maximum Gasteiger partial charge on any atom is 0.129 e. The zero-order valence-electron chi connectivity index (χ0n) is 9.87. The number of rotatable bonds is 5. The fourth-order valence-electron chi connectivity index (χ4n) is 1.39. The molecule has 0 saturated heterocycles. The Labute approximate surface area is 106 Å². The van der Waals surface area contributed by atoms with Gasteiger partial charge in [0, 0.05) is 23.7 Å². The molecular weight excluding hydrogens is 241 g/mol. The molecule has 1 atom stereocenters. The number of nitriles is 1. The van der Waals surface area contributed by atoms with Gasteiger partial charge in [-0.25, -0.2) is 4.39 Å². The van der Waals surface area contributed by atoms with Crippen LogP contribution < -0.4 is 5.32 Å². The van der Waals surface area contributed by atoms with E-state index in [1.54, 1.807) is 0 Å². The van der Waals surface area contributed by atoms with Crippen LogP contribution in [0, 0.1) is 17.1 Å². The van der Waals surface area contributed by atoms with E-state index in [2.05, 4.69) is 5.32 Å². The Hall–Kier alpha value is -1.15. The zero-order chi connectivity index (χ0) is 12.8. The van der Waals surface area contributed by atoms with Crippen molar-refractivity contribution >= 4 is 11.6 Å². The molecule has 0 aliphatic rings. The van der Waals surface area contributed by atoms with Crippen molar-refractivity contribution in [2.45, 2.75) is 6.04 Å². The SMILES string of the molecule is CN(C)CCNC(C#N)c1cc(Cl)ccc1F. The number of nitrogens with one attached hydrogen (secondary N) is 1. The summed E-state index contributed by atoms with van der Waals surface area (Å²) in [6, 6.07) is 5.58. The average molecular weight is 256 g/mol. The number of benzene rings is 1. The first kappa shape index (κ1) is 13.9.